The van der Waals surface area contributed by atoms with Gasteiger partial charge in [-0.15, -0.1) is 10.2 Å². The molecule has 0 unspecified atom stereocenters. The van der Waals surface area contributed by atoms with Gasteiger partial charge in [-0.05, 0) is 12.1 Å². The number of nitrogens with one attached hydrogen (secondary N) is 1. The molecule has 2 aliphatic heterocycles. The number of ether oxygens (including phenoxy) is 2. The van der Waals surface area contributed by atoms with Crippen molar-refractivity contribution < 1.29 is 19.1 Å². The van der Waals surface area contributed by atoms with Crippen LogP contribution in [0.15, 0.2) is 18.2 Å². The summed E-state index contributed by atoms with van der Waals surface area (Å²) in [5, 5.41) is 12.2. The first-order valence-corrected chi connectivity index (χ1v) is 9.67. The number of benzene rings is 1. The molecule has 1 N–H and O–H groups in total. The zero-order chi connectivity index (χ0) is 19.0. The summed E-state index contributed by atoms with van der Waals surface area (Å²) in [5.74, 6) is 0.809. The molecule has 1 aromatic carbocycles. The molecule has 1 fully saturated rings. The highest BCUT2D eigenvalue weighted by atomic mass is 32.1. The Morgan fingerprint density at radius 2 is 2.04 bits per heavy atom. The van der Waals surface area contributed by atoms with Gasteiger partial charge in [0.25, 0.3) is 0 Å². The number of aromatic nitrogens is 2. The second-order valence-electron chi connectivity index (χ2n) is 6.82. The predicted molar refractivity (Wildman–Crippen MR) is 101 cm³/mol. The van der Waals surface area contributed by atoms with Crippen molar-refractivity contribution in [2.75, 3.05) is 30.0 Å². The summed E-state index contributed by atoms with van der Waals surface area (Å²) in [7, 11) is 0. The molecule has 2 aliphatic rings. The average Bonchev–Trinajstić information content (AvgIpc) is 3.28. The number of nitrogens with zero attached hydrogens (tertiary/aromatic N) is 3. The number of anilines is 2. The van der Waals surface area contributed by atoms with Gasteiger partial charge < -0.3 is 19.7 Å². The van der Waals surface area contributed by atoms with Gasteiger partial charge in [0.1, 0.15) is 18.2 Å². The van der Waals surface area contributed by atoms with Crippen LogP contribution >= 0.6 is 11.3 Å². The Morgan fingerprint density at radius 3 is 2.78 bits per heavy atom. The lowest BCUT2D eigenvalue weighted by Gasteiger charge is -2.22. The Bertz CT molecular complexity index is 882. The molecular formula is C18H20N4O4S. The zero-order valence-corrected chi connectivity index (χ0v) is 15.9. The topological polar surface area (TPSA) is 93.7 Å². The normalized spacial score (nSPS) is 18.9. The third-order valence-corrected chi connectivity index (χ3v) is 5.64. The van der Waals surface area contributed by atoms with Gasteiger partial charge >= 0.3 is 0 Å². The van der Waals surface area contributed by atoms with Crippen LogP contribution in [0.1, 0.15) is 31.2 Å². The fourth-order valence-corrected chi connectivity index (χ4v) is 3.81. The summed E-state index contributed by atoms with van der Waals surface area (Å²) < 4.78 is 11.1. The van der Waals surface area contributed by atoms with E-state index in [9.17, 15) is 9.59 Å². The lowest BCUT2D eigenvalue weighted by atomic mass is 10.1. The molecule has 27 heavy (non-hydrogen) atoms. The Labute approximate surface area is 160 Å². The van der Waals surface area contributed by atoms with E-state index in [1.54, 1.807) is 17.0 Å². The highest BCUT2D eigenvalue weighted by Gasteiger charge is 2.36. The number of amides is 2. The fourth-order valence-electron chi connectivity index (χ4n) is 3.06. The second kappa shape index (κ2) is 7.15. The van der Waals surface area contributed by atoms with Crippen LogP contribution < -0.4 is 19.7 Å². The summed E-state index contributed by atoms with van der Waals surface area (Å²) in [6.45, 7) is 5.36. The van der Waals surface area contributed by atoms with Crippen LogP contribution in [0.2, 0.25) is 0 Å². The highest BCUT2D eigenvalue weighted by molar-refractivity contribution is 7.15. The van der Waals surface area contributed by atoms with Crippen molar-refractivity contribution in [2.24, 2.45) is 5.92 Å². The lowest BCUT2D eigenvalue weighted by Crippen LogP contribution is -2.28. The number of hydrogen-bond donors (Lipinski definition) is 1. The van der Waals surface area contributed by atoms with Gasteiger partial charge in [-0.2, -0.15) is 0 Å². The molecule has 0 saturated carbocycles. The maximum Gasteiger partial charge on any atom is 0.231 e. The van der Waals surface area contributed by atoms with E-state index in [0.717, 1.165) is 5.01 Å². The van der Waals surface area contributed by atoms with Gasteiger partial charge in [-0.25, -0.2) is 0 Å². The van der Waals surface area contributed by atoms with Crippen molar-refractivity contribution in [3.8, 4) is 11.5 Å². The molecule has 0 bridgehead atoms. The maximum absolute atomic E-state index is 12.6. The van der Waals surface area contributed by atoms with Crippen molar-refractivity contribution >= 4 is 34.0 Å². The van der Waals surface area contributed by atoms with Crippen LogP contribution in [0.25, 0.3) is 0 Å². The van der Waals surface area contributed by atoms with Crippen LogP contribution in [-0.2, 0) is 9.59 Å². The quantitative estimate of drug-likeness (QED) is 0.865. The summed E-state index contributed by atoms with van der Waals surface area (Å²) in [6.07, 6.45) is 0.163. The maximum atomic E-state index is 12.6. The molecule has 2 aromatic rings. The SMILES string of the molecule is CC(C)c1nnc(NC(=O)[C@@H]2CC(=O)N(c3ccc4c(c3)OCCO4)C2)s1. The third kappa shape index (κ3) is 3.59. The van der Waals surface area contributed by atoms with E-state index in [0.29, 0.717) is 42.1 Å². The van der Waals surface area contributed by atoms with Crippen molar-refractivity contribution in [3.05, 3.63) is 23.2 Å². The standard InChI is InChI=1S/C18H20N4O4S/c1-10(2)17-20-21-18(27-17)19-16(24)11-7-15(23)22(9-11)12-3-4-13-14(8-12)26-6-5-25-13/h3-4,8,10-11H,5-7,9H2,1-2H3,(H,19,21,24)/t11-/m1/s1. The lowest BCUT2D eigenvalue weighted by molar-refractivity contribution is -0.122. The van der Waals surface area contributed by atoms with E-state index >= 15 is 0 Å². The molecule has 142 valence electrons. The summed E-state index contributed by atoms with van der Waals surface area (Å²) in [6, 6.07) is 5.39. The van der Waals surface area contributed by atoms with Gasteiger partial charge in [0.2, 0.25) is 16.9 Å². The predicted octanol–water partition coefficient (Wildman–Crippen LogP) is 2.42. The molecule has 3 heterocycles. The minimum absolute atomic E-state index is 0.0908. The second-order valence-corrected chi connectivity index (χ2v) is 7.83. The molecule has 0 aliphatic carbocycles. The van der Waals surface area contributed by atoms with E-state index in [-0.39, 0.29) is 24.2 Å². The van der Waals surface area contributed by atoms with E-state index < -0.39 is 5.92 Å². The van der Waals surface area contributed by atoms with Crippen LogP contribution in [0.4, 0.5) is 10.8 Å². The molecule has 9 heteroatoms. The smallest absolute Gasteiger partial charge is 0.231 e. The average molecular weight is 388 g/mol. The van der Waals surface area contributed by atoms with Crippen molar-refractivity contribution in [2.45, 2.75) is 26.2 Å². The molecule has 4 rings (SSSR count). The molecule has 1 saturated heterocycles. The molecule has 0 radical (unpaired) electrons. The largest absolute Gasteiger partial charge is 0.486 e. The molecule has 1 aromatic heterocycles. The Kier molecular flexibility index (Phi) is 4.69. The van der Waals surface area contributed by atoms with E-state index in [2.05, 4.69) is 15.5 Å². The van der Waals surface area contributed by atoms with Crippen LogP contribution in [0, 0.1) is 5.92 Å². The molecule has 0 spiro atoms. The van der Waals surface area contributed by atoms with Crippen molar-refractivity contribution in [3.63, 3.8) is 0 Å². The Hall–Kier alpha value is -2.68. The Balaban J connectivity index is 1.44. The zero-order valence-electron chi connectivity index (χ0n) is 15.1. The molecular weight excluding hydrogens is 368 g/mol. The first-order chi connectivity index (χ1) is 13.0. The fraction of sp³-hybridized carbons (Fsp3) is 0.444. The summed E-state index contributed by atoms with van der Waals surface area (Å²) >= 11 is 1.36. The number of carbonyl (C=O) groups is 2. The molecule has 1 atom stereocenters. The minimum atomic E-state index is -0.433. The first-order valence-electron chi connectivity index (χ1n) is 8.85. The summed E-state index contributed by atoms with van der Waals surface area (Å²) in [4.78, 5) is 26.6. The first kappa shape index (κ1) is 17.7. The third-order valence-electron chi connectivity index (χ3n) is 4.50. The van der Waals surface area contributed by atoms with E-state index in [1.807, 2.05) is 19.9 Å². The van der Waals surface area contributed by atoms with Gasteiger partial charge in [-0.1, -0.05) is 25.2 Å². The summed E-state index contributed by atoms with van der Waals surface area (Å²) in [5.41, 5.74) is 0.706. The van der Waals surface area contributed by atoms with E-state index in [4.69, 9.17) is 9.47 Å². The molecule has 8 nitrogen and oxygen atoms in total. The Morgan fingerprint density at radius 1 is 1.26 bits per heavy atom. The number of fused-ring (bicyclic) bond motifs is 1. The number of rotatable bonds is 4. The van der Waals surface area contributed by atoms with Crippen LogP contribution in [0.3, 0.4) is 0 Å². The van der Waals surface area contributed by atoms with Crippen molar-refractivity contribution in [1.29, 1.82) is 0 Å². The minimum Gasteiger partial charge on any atom is -0.486 e. The van der Waals surface area contributed by atoms with E-state index in [1.165, 1.54) is 11.3 Å². The number of carbonyl (C=O) groups excluding carboxylic acids is 2. The molecule has 2 amide bonds. The van der Waals surface area contributed by atoms with Gasteiger partial charge in [0.15, 0.2) is 11.5 Å². The van der Waals surface area contributed by atoms with Gasteiger partial charge in [0, 0.05) is 30.6 Å². The van der Waals surface area contributed by atoms with Gasteiger partial charge in [-0.3, -0.25) is 9.59 Å². The van der Waals surface area contributed by atoms with Gasteiger partial charge in [0.05, 0.1) is 5.92 Å². The van der Waals surface area contributed by atoms with Crippen LogP contribution in [0.5, 0.6) is 11.5 Å². The monoisotopic (exact) mass is 388 g/mol. The number of hydrogen-bond acceptors (Lipinski definition) is 7. The van der Waals surface area contributed by atoms with Crippen LogP contribution in [-0.4, -0.2) is 41.8 Å². The van der Waals surface area contributed by atoms with Crippen molar-refractivity contribution in [1.82, 2.24) is 10.2 Å². The highest BCUT2D eigenvalue weighted by Crippen LogP contribution is 2.36.